The van der Waals surface area contributed by atoms with Gasteiger partial charge < -0.3 is 0 Å². The molecule has 2 aliphatic rings. The fraction of sp³-hybridized carbons (Fsp3) is 1.00. The first kappa shape index (κ1) is 6.84. The summed E-state index contributed by atoms with van der Waals surface area (Å²) < 4.78 is 3.15. The van der Waals surface area contributed by atoms with Gasteiger partial charge in [0.25, 0.3) is 0 Å². The van der Waals surface area contributed by atoms with E-state index in [1.807, 2.05) is 0 Å². The van der Waals surface area contributed by atoms with Crippen LogP contribution in [0.2, 0.25) is 0 Å². The highest BCUT2D eigenvalue weighted by Gasteiger charge is 2.24. The third-order valence-electron chi connectivity index (χ3n) is 1.52. The molecule has 1 atom stereocenters. The summed E-state index contributed by atoms with van der Waals surface area (Å²) in [5.74, 6) is 0. The van der Waals surface area contributed by atoms with Gasteiger partial charge in [0.1, 0.15) is 5.50 Å². The van der Waals surface area contributed by atoms with Gasteiger partial charge in [0.2, 0.25) is 0 Å². The number of hydrogen-bond acceptors (Lipinski definition) is 6. The van der Waals surface area contributed by atoms with Crippen LogP contribution in [-0.4, -0.2) is 30.5 Å². The molecular weight excluding hydrogens is 150 g/mol. The average Bonchev–Trinajstić information content (AvgIpc) is 2.59. The highest BCUT2D eigenvalue weighted by Crippen LogP contribution is 2.11. The highest BCUT2D eigenvalue weighted by atomic mass is 32.2. The van der Waals surface area contributed by atoms with Crippen LogP contribution in [0.4, 0.5) is 0 Å². The van der Waals surface area contributed by atoms with Gasteiger partial charge in [0.15, 0.2) is 0 Å². The second-order valence-electron chi connectivity index (χ2n) is 2.21. The molecule has 0 bridgehead atoms. The van der Waals surface area contributed by atoms with Gasteiger partial charge in [-0.2, -0.15) is 0 Å². The number of nitrogens with zero attached hydrogens (tertiary/aromatic N) is 1. The molecule has 10 heavy (non-hydrogen) atoms. The summed E-state index contributed by atoms with van der Waals surface area (Å²) in [5, 5.41) is 8.59. The van der Waals surface area contributed by atoms with Crippen LogP contribution in [0.1, 0.15) is 0 Å². The van der Waals surface area contributed by atoms with Crippen LogP contribution in [0.5, 0.6) is 0 Å². The fourth-order valence-corrected chi connectivity index (χ4v) is 1.79. The van der Waals surface area contributed by atoms with Gasteiger partial charge in [-0.25, -0.2) is 15.2 Å². The van der Waals surface area contributed by atoms with E-state index in [0.717, 1.165) is 20.0 Å². The molecule has 0 radical (unpaired) electrons. The van der Waals surface area contributed by atoms with Crippen molar-refractivity contribution in [1.82, 2.24) is 25.8 Å². The highest BCUT2D eigenvalue weighted by molar-refractivity contribution is 7.98. The van der Waals surface area contributed by atoms with Crippen molar-refractivity contribution in [2.24, 2.45) is 0 Å². The normalized spacial score (nSPS) is 35.4. The molecule has 0 amide bonds. The molecule has 2 aliphatic heterocycles. The lowest BCUT2D eigenvalue weighted by Gasteiger charge is -2.19. The molecule has 6 heteroatoms. The third kappa shape index (κ3) is 1.26. The van der Waals surface area contributed by atoms with E-state index >= 15 is 0 Å². The van der Waals surface area contributed by atoms with Crippen LogP contribution in [0.3, 0.4) is 0 Å². The summed E-state index contributed by atoms with van der Waals surface area (Å²) >= 11 is 1.70. The van der Waals surface area contributed by atoms with Gasteiger partial charge in [-0.15, -0.1) is 0 Å². The predicted octanol–water partition coefficient (Wildman–Crippen LogP) is -1.61. The lowest BCUT2D eigenvalue weighted by atomic mass is 10.9. The van der Waals surface area contributed by atoms with Crippen LogP contribution < -0.4 is 20.8 Å². The van der Waals surface area contributed by atoms with Gasteiger partial charge in [0.05, 0.1) is 20.0 Å². The Bertz CT molecular complexity index is 94.2. The summed E-state index contributed by atoms with van der Waals surface area (Å²) in [6.45, 7) is 2.67. The van der Waals surface area contributed by atoms with Crippen molar-refractivity contribution in [2.45, 2.75) is 5.50 Å². The van der Waals surface area contributed by atoms with E-state index < -0.39 is 0 Å². The van der Waals surface area contributed by atoms with E-state index in [4.69, 9.17) is 0 Å². The van der Waals surface area contributed by atoms with Gasteiger partial charge >= 0.3 is 0 Å². The van der Waals surface area contributed by atoms with Crippen molar-refractivity contribution in [3.63, 3.8) is 0 Å². The number of hydrogen-bond donors (Lipinski definition) is 4. The smallest absolute Gasteiger partial charge is 0.137 e. The maximum Gasteiger partial charge on any atom is 0.137 e. The Kier molecular flexibility index (Phi) is 2.07. The van der Waals surface area contributed by atoms with Crippen LogP contribution >= 0.6 is 11.9 Å². The zero-order valence-corrected chi connectivity index (χ0v) is 6.37. The van der Waals surface area contributed by atoms with Crippen molar-refractivity contribution >= 4 is 11.9 Å². The minimum atomic E-state index is 0.370. The first-order valence-electron chi connectivity index (χ1n) is 3.29. The molecular formula is C4H11N5S. The van der Waals surface area contributed by atoms with Crippen molar-refractivity contribution in [1.29, 1.82) is 0 Å². The molecule has 0 saturated carbocycles. The zero-order chi connectivity index (χ0) is 6.81. The van der Waals surface area contributed by atoms with Crippen molar-refractivity contribution in [3.8, 4) is 0 Å². The standard InChI is InChI=1S/C4H11N5S/c1-5-3-9(7-1)4-6-2-8-10-4/h4-8H,1-3H2. The molecule has 0 aromatic rings. The SMILES string of the molecule is C1NSC(N2CNCN2)N1. The largest absolute Gasteiger partial charge is 0.289 e. The van der Waals surface area contributed by atoms with Crippen LogP contribution in [-0.2, 0) is 0 Å². The van der Waals surface area contributed by atoms with E-state index in [0.29, 0.717) is 5.50 Å². The third-order valence-corrected chi connectivity index (χ3v) is 2.47. The van der Waals surface area contributed by atoms with E-state index in [2.05, 4.69) is 25.8 Å². The van der Waals surface area contributed by atoms with Crippen molar-refractivity contribution < 1.29 is 0 Å². The lowest BCUT2D eigenvalue weighted by molar-refractivity contribution is 0.213. The molecule has 2 heterocycles. The summed E-state index contributed by atoms with van der Waals surface area (Å²) in [6, 6.07) is 0. The first-order chi connectivity index (χ1) is 4.97. The Morgan fingerprint density at radius 1 is 1.40 bits per heavy atom. The second kappa shape index (κ2) is 3.04. The molecule has 0 aromatic carbocycles. The minimum absolute atomic E-state index is 0.370. The van der Waals surface area contributed by atoms with Gasteiger partial charge in [0, 0.05) is 0 Å². The number of nitrogens with one attached hydrogen (secondary N) is 4. The molecule has 5 nitrogen and oxygen atoms in total. The van der Waals surface area contributed by atoms with Gasteiger partial charge in [-0.05, 0) is 11.9 Å². The quantitative estimate of drug-likeness (QED) is 0.347. The Hall–Kier alpha value is 0.150. The van der Waals surface area contributed by atoms with Crippen LogP contribution in [0.25, 0.3) is 0 Å². The Labute approximate surface area is 64.0 Å². The maximum atomic E-state index is 3.27. The molecule has 4 N–H and O–H groups in total. The Morgan fingerprint density at radius 3 is 3.00 bits per heavy atom. The van der Waals surface area contributed by atoms with Gasteiger partial charge in [-0.3, -0.25) is 10.6 Å². The topological polar surface area (TPSA) is 51.4 Å². The molecule has 58 valence electrons. The molecule has 0 spiro atoms. The number of hydrazine groups is 1. The Morgan fingerprint density at radius 2 is 2.40 bits per heavy atom. The van der Waals surface area contributed by atoms with E-state index in [1.54, 1.807) is 11.9 Å². The van der Waals surface area contributed by atoms with E-state index in [9.17, 15) is 0 Å². The summed E-state index contributed by atoms with van der Waals surface area (Å²) in [7, 11) is 0. The second-order valence-corrected chi connectivity index (χ2v) is 3.18. The minimum Gasteiger partial charge on any atom is -0.289 e. The molecule has 1 unspecified atom stereocenters. The summed E-state index contributed by atoms with van der Waals surface area (Å²) in [5.41, 5.74) is 3.57. The lowest BCUT2D eigenvalue weighted by Crippen LogP contribution is -2.44. The van der Waals surface area contributed by atoms with E-state index in [-0.39, 0.29) is 0 Å². The van der Waals surface area contributed by atoms with E-state index in [1.165, 1.54) is 0 Å². The van der Waals surface area contributed by atoms with Crippen LogP contribution in [0.15, 0.2) is 0 Å². The molecule has 2 saturated heterocycles. The zero-order valence-electron chi connectivity index (χ0n) is 5.55. The summed E-state index contributed by atoms with van der Waals surface area (Å²) in [6.07, 6.45) is 0. The molecule has 0 aromatic heterocycles. The maximum absolute atomic E-state index is 3.27. The molecule has 0 aliphatic carbocycles. The average molecular weight is 161 g/mol. The summed E-state index contributed by atoms with van der Waals surface area (Å²) in [4.78, 5) is 0. The van der Waals surface area contributed by atoms with Gasteiger partial charge in [-0.1, -0.05) is 0 Å². The van der Waals surface area contributed by atoms with Crippen molar-refractivity contribution in [2.75, 3.05) is 20.0 Å². The predicted molar refractivity (Wildman–Crippen MR) is 40.4 cm³/mol. The molecule has 2 fully saturated rings. The first-order valence-corrected chi connectivity index (χ1v) is 4.17. The van der Waals surface area contributed by atoms with Crippen molar-refractivity contribution in [3.05, 3.63) is 0 Å². The monoisotopic (exact) mass is 161 g/mol. The Balaban J connectivity index is 1.85. The fourth-order valence-electron chi connectivity index (χ4n) is 1.02. The number of rotatable bonds is 1. The molecule has 2 rings (SSSR count). The van der Waals surface area contributed by atoms with Crippen LogP contribution in [0, 0.1) is 0 Å².